The Morgan fingerprint density at radius 1 is 1.07 bits per heavy atom. The Kier molecular flexibility index (Phi) is 7.19. The van der Waals surface area contributed by atoms with Gasteiger partial charge in [-0.15, -0.1) is 0 Å². The lowest BCUT2D eigenvalue weighted by molar-refractivity contribution is -0.135. The number of hydrogen-bond donors (Lipinski definition) is 2. The summed E-state index contributed by atoms with van der Waals surface area (Å²) in [6.07, 6.45) is 2.61. The van der Waals surface area contributed by atoms with E-state index >= 15 is 0 Å². The van der Waals surface area contributed by atoms with Crippen molar-refractivity contribution < 1.29 is 14.4 Å². The Morgan fingerprint density at radius 2 is 1.82 bits per heavy atom. The van der Waals surface area contributed by atoms with Gasteiger partial charge in [0.25, 0.3) is 5.91 Å². The maximum absolute atomic E-state index is 12.9. The molecule has 1 saturated heterocycles. The number of carbonyl (C=O) groups is 3. The Morgan fingerprint density at radius 3 is 2.50 bits per heavy atom. The third-order valence-electron chi connectivity index (χ3n) is 4.75. The molecule has 6 nitrogen and oxygen atoms in total. The van der Waals surface area contributed by atoms with Gasteiger partial charge < -0.3 is 15.5 Å². The number of benzene rings is 1. The summed E-state index contributed by atoms with van der Waals surface area (Å²) < 4.78 is 0. The molecule has 1 fully saturated rings. The lowest BCUT2D eigenvalue weighted by Crippen LogP contribution is -2.49. The molecule has 148 valence electrons. The summed E-state index contributed by atoms with van der Waals surface area (Å²) >= 11 is 1.45. The SMILES string of the molecule is O=C(CCNC(=O)c1ccsc1)NC(Cc1ccccc1)C(=O)N1CCCC1. The van der Waals surface area contributed by atoms with Gasteiger partial charge in [0, 0.05) is 43.4 Å². The molecule has 3 amide bonds. The lowest BCUT2D eigenvalue weighted by Gasteiger charge is -2.24. The molecule has 1 aliphatic heterocycles. The van der Waals surface area contributed by atoms with Crippen molar-refractivity contribution >= 4 is 29.1 Å². The minimum absolute atomic E-state index is 0.0305. The zero-order valence-electron chi connectivity index (χ0n) is 15.7. The van der Waals surface area contributed by atoms with Gasteiger partial charge in [-0.3, -0.25) is 14.4 Å². The average Bonchev–Trinajstić information content (AvgIpc) is 3.41. The van der Waals surface area contributed by atoms with E-state index in [0.717, 1.165) is 31.5 Å². The number of nitrogens with zero attached hydrogens (tertiary/aromatic N) is 1. The highest BCUT2D eigenvalue weighted by Gasteiger charge is 2.27. The monoisotopic (exact) mass is 399 g/mol. The molecular weight excluding hydrogens is 374 g/mol. The second-order valence-electron chi connectivity index (χ2n) is 6.86. The van der Waals surface area contributed by atoms with Crippen LogP contribution in [0.1, 0.15) is 35.2 Å². The molecule has 0 bridgehead atoms. The predicted molar refractivity (Wildman–Crippen MR) is 109 cm³/mol. The van der Waals surface area contributed by atoms with Crippen molar-refractivity contribution in [2.45, 2.75) is 31.7 Å². The maximum atomic E-state index is 12.9. The van der Waals surface area contributed by atoms with Crippen molar-refractivity contribution in [3.05, 3.63) is 58.3 Å². The first-order chi connectivity index (χ1) is 13.6. The van der Waals surface area contributed by atoms with Crippen LogP contribution in [-0.4, -0.2) is 48.3 Å². The largest absolute Gasteiger partial charge is 0.351 e. The van der Waals surface area contributed by atoms with Crippen LogP contribution in [0.4, 0.5) is 0 Å². The highest BCUT2D eigenvalue weighted by atomic mass is 32.1. The smallest absolute Gasteiger partial charge is 0.252 e. The molecule has 0 aliphatic carbocycles. The van der Waals surface area contributed by atoms with Crippen molar-refractivity contribution in [3.8, 4) is 0 Å². The third-order valence-corrected chi connectivity index (χ3v) is 5.44. The summed E-state index contributed by atoms with van der Waals surface area (Å²) in [5.41, 5.74) is 1.60. The van der Waals surface area contributed by atoms with E-state index in [4.69, 9.17) is 0 Å². The van der Waals surface area contributed by atoms with E-state index in [9.17, 15) is 14.4 Å². The van der Waals surface area contributed by atoms with Gasteiger partial charge in [-0.2, -0.15) is 11.3 Å². The summed E-state index contributed by atoms with van der Waals surface area (Å²) in [5.74, 6) is -0.459. The number of carbonyl (C=O) groups excluding carboxylic acids is 3. The molecule has 1 aliphatic rings. The number of nitrogens with one attached hydrogen (secondary N) is 2. The Bertz CT molecular complexity index is 786. The lowest BCUT2D eigenvalue weighted by atomic mass is 10.0. The molecule has 1 aromatic heterocycles. The maximum Gasteiger partial charge on any atom is 0.252 e. The molecule has 3 rings (SSSR count). The molecule has 28 heavy (non-hydrogen) atoms. The molecule has 0 radical (unpaired) electrons. The molecule has 1 unspecified atom stereocenters. The van der Waals surface area contributed by atoms with Crippen molar-refractivity contribution in [2.75, 3.05) is 19.6 Å². The van der Waals surface area contributed by atoms with Crippen LogP contribution < -0.4 is 10.6 Å². The quantitative estimate of drug-likeness (QED) is 0.714. The van der Waals surface area contributed by atoms with Gasteiger partial charge in [-0.25, -0.2) is 0 Å². The summed E-state index contributed by atoms with van der Waals surface area (Å²) in [6.45, 7) is 1.73. The van der Waals surface area contributed by atoms with Crippen LogP contribution in [0.5, 0.6) is 0 Å². The van der Waals surface area contributed by atoms with E-state index in [1.807, 2.05) is 40.6 Å². The van der Waals surface area contributed by atoms with Crippen LogP contribution in [0.3, 0.4) is 0 Å². The van der Waals surface area contributed by atoms with Gasteiger partial charge in [0.2, 0.25) is 11.8 Å². The second-order valence-corrected chi connectivity index (χ2v) is 7.64. The molecule has 0 spiro atoms. The van der Waals surface area contributed by atoms with Gasteiger partial charge in [0.1, 0.15) is 6.04 Å². The predicted octanol–water partition coefficient (Wildman–Crippen LogP) is 2.22. The summed E-state index contributed by atoms with van der Waals surface area (Å²) in [7, 11) is 0. The van der Waals surface area contributed by atoms with Gasteiger partial charge in [-0.1, -0.05) is 30.3 Å². The van der Waals surface area contributed by atoms with Crippen LogP contribution in [-0.2, 0) is 16.0 Å². The Balaban J connectivity index is 1.54. The van der Waals surface area contributed by atoms with E-state index in [1.165, 1.54) is 11.3 Å². The first-order valence-corrected chi connectivity index (χ1v) is 10.5. The van der Waals surface area contributed by atoms with E-state index in [0.29, 0.717) is 12.0 Å². The first kappa shape index (κ1) is 20.1. The van der Waals surface area contributed by atoms with Crippen LogP contribution in [0.15, 0.2) is 47.2 Å². The number of likely N-dealkylation sites (tertiary alicyclic amines) is 1. The standard InChI is InChI=1S/C21H25N3O3S/c25-19(8-10-22-20(26)17-9-13-28-15-17)23-18(14-16-6-2-1-3-7-16)21(27)24-11-4-5-12-24/h1-3,6-7,9,13,15,18H,4-5,8,10-12,14H2,(H,22,26)(H,23,25). The Hall–Kier alpha value is -2.67. The van der Waals surface area contributed by atoms with Crippen LogP contribution in [0, 0.1) is 0 Å². The van der Waals surface area contributed by atoms with Crippen molar-refractivity contribution in [2.24, 2.45) is 0 Å². The summed E-state index contributed by atoms with van der Waals surface area (Å²) in [5, 5.41) is 9.20. The normalized spacial score (nSPS) is 14.5. The van der Waals surface area contributed by atoms with Crippen LogP contribution in [0.2, 0.25) is 0 Å². The van der Waals surface area contributed by atoms with E-state index in [1.54, 1.807) is 11.4 Å². The highest BCUT2D eigenvalue weighted by molar-refractivity contribution is 7.08. The van der Waals surface area contributed by atoms with Crippen LogP contribution in [0.25, 0.3) is 0 Å². The number of thiophene rings is 1. The molecule has 1 atom stereocenters. The number of rotatable bonds is 8. The van der Waals surface area contributed by atoms with Gasteiger partial charge in [0.15, 0.2) is 0 Å². The topological polar surface area (TPSA) is 78.5 Å². The first-order valence-electron chi connectivity index (χ1n) is 9.56. The van der Waals surface area contributed by atoms with E-state index in [-0.39, 0.29) is 30.7 Å². The fourth-order valence-electron chi connectivity index (χ4n) is 3.26. The molecular formula is C21H25N3O3S. The minimum atomic E-state index is -0.583. The average molecular weight is 400 g/mol. The zero-order valence-corrected chi connectivity index (χ0v) is 16.5. The van der Waals surface area contributed by atoms with Crippen molar-refractivity contribution in [3.63, 3.8) is 0 Å². The fourth-order valence-corrected chi connectivity index (χ4v) is 3.90. The van der Waals surface area contributed by atoms with Gasteiger partial charge in [-0.05, 0) is 29.9 Å². The zero-order chi connectivity index (χ0) is 19.8. The summed E-state index contributed by atoms with van der Waals surface area (Å²) in [6, 6.07) is 10.8. The Labute approximate surface area is 168 Å². The van der Waals surface area contributed by atoms with Crippen LogP contribution >= 0.6 is 11.3 Å². The number of hydrogen-bond acceptors (Lipinski definition) is 4. The minimum Gasteiger partial charge on any atom is -0.351 e. The van der Waals surface area contributed by atoms with Crippen molar-refractivity contribution in [1.82, 2.24) is 15.5 Å². The van der Waals surface area contributed by atoms with E-state index < -0.39 is 6.04 Å². The van der Waals surface area contributed by atoms with Gasteiger partial charge >= 0.3 is 0 Å². The van der Waals surface area contributed by atoms with Gasteiger partial charge in [0.05, 0.1) is 0 Å². The number of amides is 3. The molecule has 0 saturated carbocycles. The second kappa shape index (κ2) is 10.0. The molecule has 2 aromatic rings. The molecule has 2 N–H and O–H groups in total. The fraction of sp³-hybridized carbons (Fsp3) is 0.381. The molecule has 7 heteroatoms. The highest BCUT2D eigenvalue weighted by Crippen LogP contribution is 2.12. The molecule has 2 heterocycles. The van der Waals surface area contributed by atoms with E-state index in [2.05, 4.69) is 10.6 Å². The summed E-state index contributed by atoms with van der Waals surface area (Å²) in [4.78, 5) is 39.0. The molecule has 1 aromatic carbocycles. The van der Waals surface area contributed by atoms with Crippen molar-refractivity contribution in [1.29, 1.82) is 0 Å². The third kappa shape index (κ3) is 5.66.